The van der Waals surface area contributed by atoms with Crippen molar-refractivity contribution in [2.75, 3.05) is 0 Å². The molecule has 0 spiro atoms. The zero-order valence-electron chi connectivity index (χ0n) is 8.68. The Balaban J connectivity index is 2.26. The lowest BCUT2D eigenvalue weighted by Crippen LogP contribution is -2.16. The quantitative estimate of drug-likeness (QED) is 0.577. The van der Waals surface area contributed by atoms with E-state index >= 15 is 0 Å². The molecule has 2 atom stereocenters. The predicted octanol–water partition coefficient (Wildman–Crippen LogP) is 3.38. The third-order valence-electron chi connectivity index (χ3n) is 2.67. The number of hydrogen-bond acceptors (Lipinski definition) is 1. The van der Waals surface area contributed by atoms with E-state index in [9.17, 15) is 0 Å². The maximum absolute atomic E-state index is 5.82. The van der Waals surface area contributed by atoms with Gasteiger partial charge in [-0.1, -0.05) is 19.8 Å². The van der Waals surface area contributed by atoms with Crippen LogP contribution in [0.5, 0.6) is 0 Å². The maximum atomic E-state index is 5.82. The van der Waals surface area contributed by atoms with Gasteiger partial charge in [-0.3, -0.25) is 0 Å². The van der Waals surface area contributed by atoms with Crippen LogP contribution in [0, 0.1) is 5.92 Å². The Hall–Kier alpha value is -0.0400. The minimum atomic E-state index is 0.406. The summed E-state index contributed by atoms with van der Waals surface area (Å²) < 4.78 is 5.82. The lowest BCUT2D eigenvalue weighted by Gasteiger charge is -2.18. The molecule has 0 heterocycles. The maximum Gasteiger partial charge on any atom is 0.0578 e. The van der Waals surface area contributed by atoms with Crippen LogP contribution in [0.2, 0.25) is 0 Å². The zero-order valence-corrected chi connectivity index (χ0v) is 8.68. The Bertz CT molecular complexity index is 120. The lowest BCUT2D eigenvalue weighted by atomic mass is 10.0. The fourth-order valence-corrected chi connectivity index (χ4v) is 1.97. The Morgan fingerprint density at radius 1 is 1.08 bits per heavy atom. The summed E-state index contributed by atoms with van der Waals surface area (Å²) in [7, 11) is 0. The van der Waals surface area contributed by atoms with Crippen LogP contribution in [0.4, 0.5) is 0 Å². The van der Waals surface area contributed by atoms with Crippen LogP contribution >= 0.6 is 0 Å². The van der Waals surface area contributed by atoms with Crippen LogP contribution in [-0.4, -0.2) is 12.2 Å². The van der Waals surface area contributed by atoms with E-state index in [0.717, 1.165) is 5.92 Å². The van der Waals surface area contributed by atoms with Gasteiger partial charge < -0.3 is 4.74 Å². The SMILES string of the molecule is CC1CCCC(OC(C)C)CC1. The second-order valence-corrected chi connectivity index (χ2v) is 4.42. The smallest absolute Gasteiger partial charge is 0.0578 e. The minimum absolute atomic E-state index is 0.406. The van der Waals surface area contributed by atoms with Gasteiger partial charge in [-0.25, -0.2) is 0 Å². The molecule has 0 radical (unpaired) electrons. The molecule has 0 aromatic carbocycles. The monoisotopic (exact) mass is 170 g/mol. The van der Waals surface area contributed by atoms with Crippen molar-refractivity contribution in [3.05, 3.63) is 0 Å². The van der Waals surface area contributed by atoms with E-state index in [2.05, 4.69) is 20.8 Å². The average molecular weight is 170 g/mol. The highest BCUT2D eigenvalue weighted by atomic mass is 16.5. The van der Waals surface area contributed by atoms with E-state index < -0.39 is 0 Å². The highest BCUT2D eigenvalue weighted by molar-refractivity contribution is 4.68. The summed E-state index contributed by atoms with van der Waals surface area (Å²) >= 11 is 0. The van der Waals surface area contributed by atoms with Gasteiger partial charge in [0.05, 0.1) is 12.2 Å². The van der Waals surface area contributed by atoms with Crippen molar-refractivity contribution in [2.24, 2.45) is 5.92 Å². The summed E-state index contributed by atoms with van der Waals surface area (Å²) in [4.78, 5) is 0. The van der Waals surface area contributed by atoms with Gasteiger partial charge in [-0.15, -0.1) is 0 Å². The summed E-state index contributed by atoms with van der Waals surface area (Å²) in [5.41, 5.74) is 0. The van der Waals surface area contributed by atoms with E-state index in [1.54, 1.807) is 0 Å². The van der Waals surface area contributed by atoms with Crippen LogP contribution in [0.15, 0.2) is 0 Å². The molecule has 1 fully saturated rings. The van der Waals surface area contributed by atoms with Crippen molar-refractivity contribution in [3.63, 3.8) is 0 Å². The summed E-state index contributed by atoms with van der Waals surface area (Å²) in [5.74, 6) is 0.922. The first kappa shape index (κ1) is 10.0. The summed E-state index contributed by atoms with van der Waals surface area (Å²) in [6, 6.07) is 0. The first-order chi connectivity index (χ1) is 5.68. The molecule has 0 N–H and O–H groups in total. The van der Waals surface area contributed by atoms with E-state index in [1.807, 2.05) is 0 Å². The van der Waals surface area contributed by atoms with Crippen molar-refractivity contribution in [1.82, 2.24) is 0 Å². The largest absolute Gasteiger partial charge is 0.376 e. The van der Waals surface area contributed by atoms with Gasteiger partial charge in [-0.2, -0.15) is 0 Å². The second kappa shape index (κ2) is 4.86. The topological polar surface area (TPSA) is 9.23 Å². The van der Waals surface area contributed by atoms with E-state index in [-0.39, 0.29) is 0 Å². The molecule has 1 aliphatic carbocycles. The molecule has 1 aliphatic rings. The molecule has 2 unspecified atom stereocenters. The first-order valence-corrected chi connectivity index (χ1v) is 5.34. The second-order valence-electron chi connectivity index (χ2n) is 4.42. The molecule has 1 rings (SSSR count). The molecule has 72 valence electrons. The predicted molar refractivity (Wildman–Crippen MR) is 52.3 cm³/mol. The van der Waals surface area contributed by atoms with Gasteiger partial charge in [-0.05, 0) is 39.0 Å². The molecule has 0 bridgehead atoms. The number of ether oxygens (including phenoxy) is 1. The Morgan fingerprint density at radius 3 is 2.50 bits per heavy atom. The molecule has 0 amide bonds. The Labute approximate surface area is 76.5 Å². The Kier molecular flexibility index (Phi) is 4.07. The lowest BCUT2D eigenvalue weighted by molar-refractivity contribution is -0.000446. The van der Waals surface area contributed by atoms with Crippen molar-refractivity contribution in [3.8, 4) is 0 Å². The molecule has 0 aliphatic heterocycles. The minimum Gasteiger partial charge on any atom is -0.376 e. The van der Waals surface area contributed by atoms with Gasteiger partial charge >= 0.3 is 0 Å². The van der Waals surface area contributed by atoms with E-state index in [1.165, 1.54) is 32.1 Å². The fraction of sp³-hybridized carbons (Fsp3) is 1.00. The molecular formula is C11H22O. The van der Waals surface area contributed by atoms with Crippen molar-refractivity contribution in [1.29, 1.82) is 0 Å². The molecule has 1 nitrogen and oxygen atoms in total. The first-order valence-electron chi connectivity index (χ1n) is 5.34. The highest BCUT2D eigenvalue weighted by Crippen LogP contribution is 2.24. The number of rotatable bonds is 2. The molecule has 0 aromatic rings. The van der Waals surface area contributed by atoms with Gasteiger partial charge in [0, 0.05) is 0 Å². The fourth-order valence-electron chi connectivity index (χ4n) is 1.97. The van der Waals surface area contributed by atoms with Crippen LogP contribution in [0.25, 0.3) is 0 Å². The summed E-state index contributed by atoms with van der Waals surface area (Å²) in [6.45, 7) is 6.63. The third-order valence-corrected chi connectivity index (χ3v) is 2.67. The molecular weight excluding hydrogens is 148 g/mol. The Morgan fingerprint density at radius 2 is 1.83 bits per heavy atom. The van der Waals surface area contributed by atoms with Crippen LogP contribution < -0.4 is 0 Å². The molecule has 12 heavy (non-hydrogen) atoms. The van der Waals surface area contributed by atoms with Gasteiger partial charge in [0.15, 0.2) is 0 Å². The molecule has 0 saturated heterocycles. The standard InChI is InChI=1S/C11H22O/c1-9(2)12-11-6-4-5-10(3)7-8-11/h9-11H,4-8H2,1-3H3. The normalized spacial score (nSPS) is 32.0. The molecule has 0 aromatic heterocycles. The third kappa shape index (κ3) is 3.57. The van der Waals surface area contributed by atoms with Crippen LogP contribution in [-0.2, 0) is 4.74 Å². The average Bonchev–Trinajstić information content (AvgIpc) is 2.15. The van der Waals surface area contributed by atoms with Crippen LogP contribution in [0.1, 0.15) is 52.9 Å². The van der Waals surface area contributed by atoms with Gasteiger partial charge in [0.1, 0.15) is 0 Å². The molecule has 1 heteroatoms. The number of hydrogen-bond donors (Lipinski definition) is 0. The van der Waals surface area contributed by atoms with Crippen molar-refractivity contribution < 1.29 is 4.74 Å². The summed E-state index contributed by atoms with van der Waals surface area (Å²) in [5, 5.41) is 0. The van der Waals surface area contributed by atoms with Crippen molar-refractivity contribution in [2.45, 2.75) is 65.1 Å². The summed E-state index contributed by atoms with van der Waals surface area (Å²) in [6.07, 6.45) is 7.63. The van der Waals surface area contributed by atoms with Gasteiger partial charge in [0.2, 0.25) is 0 Å². The van der Waals surface area contributed by atoms with E-state index in [0.29, 0.717) is 12.2 Å². The van der Waals surface area contributed by atoms with E-state index in [4.69, 9.17) is 4.74 Å². The molecule has 1 saturated carbocycles. The van der Waals surface area contributed by atoms with Gasteiger partial charge in [0.25, 0.3) is 0 Å². The van der Waals surface area contributed by atoms with Crippen molar-refractivity contribution >= 4 is 0 Å². The highest BCUT2D eigenvalue weighted by Gasteiger charge is 2.16. The zero-order chi connectivity index (χ0) is 8.97. The van der Waals surface area contributed by atoms with Crippen LogP contribution in [0.3, 0.4) is 0 Å².